The molecule has 3 N–H and O–H groups in total. The molecule has 1 saturated carbocycles. The van der Waals surface area contributed by atoms with Crippen molar-refractivity contribution in [1.29, 1.82) is 0 Å². The maximum absolute atomic E-state index is 13.4. The Bertz CT molecular complexity index is 467. The normalized spacial score (nSPS) is 17.4. The molecule has 0 bridgehead atoms. The Labute approximate surface area is 113 Å². The predicted molar refractivity (Wildman–Crippen MR) is 72.9 cm³/mol. The molecular formula is C15H21FN2O. The van der Waals surface area contributed by atoms with Crippen LogP contribution in [0, 0.1) is 18.2 Å². The highest BCUT2D eigenvalue weighted by Gasteiger charge is 2.39. The van der Waals surface area contributed by atoms with Gasteiger partial charge in [0.15, 0.2) is 0 Å². The van der Waals surface area contributed by atoms with E-state index in [2.05, 4.69) is 5.32 Å². The quantitative estimate of drug-likeness (QED) is 0.876. The first-order valence-corrected chi connectivity index (χ1v) is 6.81. The molecule has 3 nitrogen and oxygen atoms in total. The van der Waals surface area contributed by atoms with E-state index in [4.69, 9.17) is 5.73 Å². The zero-order chi connectivity index (χ0) is 13.9. The van der Waals surface area contributed by atoms with Gasteiger partial charge >= 0.3 is 0 Å². The first-order valence-electron chi connectivity index (χ1n) is 6.81. The van der Waals surface area contributed by atoms with Crippen molar-refractivity contribution in [1.82, 2.24) is 5.32 Å². The van der Waals surface area contributed by atoms with E-state index in [0.29, 0.717) is 18.7 Å². The molecule has 1 aliphatic carbocycles. The molecule has 104 valence electrons. The minimum absolute atomic E-state index is 0.00785. The Balaban J connectivity index is 1.98. The maximum atomic E-state index is 13.4. The molecule has 1 fully saturated rings. The summed E-state index contributed by atoms with van der Waals surface area (Å²) in [6.07, 6.45) is 3.84. The third kappa shape index (κ3) is 2.95. The number of halogens is 1. The second-order valence-corrected chi connectivity index (χ2v) is 5.46. The van der Waals surface area contributed by atoms with Gasteiger partial charge < -0.3 is 11.1 Å². The van der Waals surface area contributed by atoms with Gasteiger partial charge in [0.05, 0.1) is 5.41 Å². The minimum Gasteiger partial charge on any atom is -0.352 e. The SMILES string of the molecule is Cc1ccc(CNC(=O)C2(CN)CCCC2)cc1F. The standard InChI is InChI=1S/C15H21FN2O/c1-11-4-5-12(8-13(11)16)9-18-14(19)15(10-17)6-2-3-7-15/h4-5,8H,2-3,6-7,9-10,17H2,1H3,(H,18,19). The molecule has 0 aromatic heterocycles. The molecule has 1 aromatic rings. The van der Waals surface area contributed by atoms with Crippen LogP contribution < -0.4 is 11.1 Å². The largest absolute Gasteiger partial charge is 0.352 e. The number of carbonyl (C=O) groups excluding carboxylic acids is 1. The van der Waals surface area contributed by atoms with E-state index in [9.17, 15) is 9.18 Å². The van der Waals surface area contributed by atoms with E-state index in [-0.39, 0.29) is 11.7 Å². The molecule has 1 aliphatic rings. The molecule has 19 heavy (non-hydrogen) atoms. The summed E-state index contributed by atoms with van der Waals surface area (Å²) >= 11 is 0. The fourth-order valence-electron chi connectivity index (χ4n) is 2.69. The molecule has 1 aromatic carbocycles. The minimum atomic E-state index is -0.400. The number of nitrogens with one attached hydrogen (secondary N) is 1. The van der Waals surface area contributed by atoms with Crippen molar-refractivity contribution in [2.75, 3.05) is 6.54 Å². The van der Waals surface area contributed by atoms with Crippen molar-refractivity contribution in [3.63, 3.8) is 0 Å². The number of aryl methyl sites for hydroxylation is 1. The Hall–Kier alpha value is -1.42. The summed E-state index contributed by atoms with van der Waals surface area (Å²) in [5, 5.41) is 2.89. The van der Waals surface area contributed by atoms with Crippen LogP contribution in [-0.2, 0) is 11.3 Å². The first kappa shape index (κ1) is 14.0. The van der Waals surface area contributed by atoms with Crippen molar-refractivity contribution in [2.45, 2.75) is 39.2 Å². The van der Waals surface area contributed by atoms with E-state index < -0.39 is 5.41 Å². The third-order valence-corrected chi connectivity index (χ3v) is 4.12. The van der Waals surface area contributed by atoms with Crippen LogP contribution in [0.3, 0.4) is 0 Å². The van der Waals surface area contributed by atoms with Gasteiger partial charge in [0.2, 0.25) is 5.91 Å². The summed E-state index contributed by atoms with van der Waals surface area (Å²) in [7, 11) is 0. The Morgan fingerprint density at radius 1 is 1.42 bits per heavy atom. The van der Waals surface area contributed by atoms with Crippen LogP contribution in [0.4, 0.5) is 4.39 Å². The topological polar surface area (TPSA) is 55.1 Å². The number of hydrogen-bond donors (Lipinski definition) is 2. The molecular weight excluding hydrogens is 243 g/mol. The van der Waals surface area contributed by atoms with Gasteiger partial charge in [-0.25, -0.2) is 4.39 Å². The van der Waals surface area contributed by atoms with E-state index in [0.717, 1.165) is 31.2 Å². The second kappa shape index (κ2) is 5.70. The van der Waals surface area contributed by atoms with Crippen molar-refractivity contribution in [3.8, 4) is 0 Å². The molecule has 0 atom stereocenters. The fourth-order valence-corrected chi connectivity index (χ4v) is 2.69. The zero-order valence-corrected chi connectivity index (χ0v) is 11.3. The summed E-state index contributed by atoms with van der Waals surface area (Å²) in [4.78, 5) is 12.2. The molecule has 0 unspecified atom stereocenters. The van der Waals surface area contributed by atoms with E-state index in [1.54, 1.807) is 13.0 Å². The van der Waals surface area contributed by atoms with Gasteiger partial charge in [0.25, 0.3) is 0 Å². The Kier molecular flexibility index (Phi) is 4.20. The molecule has 0 aliphatic heterocycles. The Morgan fingerprint density at radius 3 is 2.68 bits per heavy atom. The third-order valence-electron chi connectivity index (χ3n) is 4.12. The lowest BCUT2D eigenvalue weighted by atomic mass is 9.85. The molecule has 0 radical (unpaired) electrons. The van der Waals surface area contributed by atoms with E-state index >= 15 is 0 Å². The summed E-state index contributed by atoms with van der Waals surface area (Å²) in [6, 6.07) is 5.03. The predicted octanol–water partition coefficient (Wildman–Crippen LogP) is 2.27. The van der Waals surface area contributed by atoms with Crippen LogP contribution in [0.15, 0.2) is 18.2 Å². The lowest BCUT2D eigenvalue weighted by Crippen LogP contribution is -2.43. The van der Waals surface area contributed by atoms with Crippen LogP contribution in [-0.4, -0.2) is 12.5 Å². The summed E-state index contributed by atoms with van der Waals surface area (Å²) in [5.41, 5.74) is 6.76. The molecule has 0 saturated heterocycles. The smallest absolute Gasteiger partial charge is 0.227 e. The van der Waals surface area contributed by atoms with Crippen LogP contribution in [0.25, 0.3) is 0 Å². The summed E-state index contributed by atoms with van der Waals surface area (Å²) < 4.78 is 13.4. The van der Waals surface area contributed by atoms with E-state index in [1.807, 2.05) is 6.07 Å². The Morgan fingerprint density at radius 2 is 2.11 bits per heavy atom. The van der Waals surface area contributed by atoms with Crippen molar-refractivity contribution >= 4 is 5.91 Å². The molecule has 0 spiro atoms. The molecule has 4 heteroatoms. The lowest BCUT2D eigenvalue weighted by molar-refractivity contribution is -0.130. The fraction of sp³-hybridized carbons (Fsp3) is 0.533. The number of nitrogens with two attached hydrogens (primary N) is 1. The number of amides is 1. The van der Waals surface area contributed by atoms with Crippen LogP contribution in [0.5, 0.6) is 0 Å². The van der Waals surface area contributed by atoms with Gasteiger partial charge in [0.1, 0.15) is 5.82 Å². The number of hydrogen-bond acceptors (Lipinski definition) is 2. The first-order chi connectivity index (χ1) is 9.07. The van der Waals surface area contributed by atoms with Gasteiger partial charge in [-0.3, -0.25) is 4.79 Å². The van der Waals surface area contributed by atoms with Crippen molar-refractivity contribution in [2.24, 2.45) is 11.1 Å². The molecule has 2 rings (SSSR count). The van der Waals surface area contributed by atoms with Gasteiger partial charge in [-0.1, -0.05) is 25.0 Å². The second-order valence-electron chi connectivity index (χ2n) is 5.46. The van der Waals surface area contributed by atoms with Gasteiger partial charge in [-0.2, -0.15) is 0 Å². The highest BCUT2D eigenvalue weighted by Crippen LogP contribution is 2.37. The van der Waals surface area contributed by atoms with Crippen LogP contribution >= 0.6 is 0 Å². The summed E-state index contributed by atoms with van der Waals surface area (Å²) in [5.74, 6) is -0.227. The van der Waals surface area contributed by atoms with Crippen LogP contribution in [0.1, 0.15) is 36.8 Å². The monoisotopic (exact) mass is 264 g/mol. The maximum Gasteiger partial charge on any atom is 0.227 e. The summed E-state index contributed by atoms with van der Waals surface area (Å²) in [6.45, 7) is 2.47. The average Bonchev–Trinajstić information content (AvgIpc) is 2.90. The van der Waals surface area contributed by atoms with Gasteiger partial charge in [0, 0.05) is 13.1 Å². The lowest BCUT2D eigenvalue weighted by Gasteiger charge is -2.25. The number of benzene rings is 1. The van der Waals surface area contributed by atoms with Crippen LogP contribution in [0.2, 0.25) is 0 Å². The van der Waals surface area contributed by atoms with Crippen molar-refractivity contribution < 1.29 is 9.18 Å². The number of carbonyl (C=O) groups is 1. The van der Waals surface area contributed by atoms with Crippen molar-refractivity contribution in [3.05, 3.63) is 35.1 Å². The van der Waals surface area contributed by atoms with Gasteiger partial charge in [-0.05, 0) is 37.0 Å². The van der Waals surface area contributed by atoms with E-state index in [1.165, 1.54) is 6.07 Å². The highest BCUT2D eigenvalue weighted by molar-refractivity contribution is 5.83. The molecule has 1 amide bonds. The number of rotatable bonds is 4. The van der Waals surface area contributed by atoms with Gasteiger partial charge in [-0.15, -0.1) is 0 Å². The highest BCUT2D eigenvalue weighted by atomic mass is 19.1. The molecule has 0 heterocycles. The average molecular weight is 264 g/mol. The zero-order valence-electron chi connectivity index (χ0n) is 11.3.